The lowest BCUT2D eigenvalue weighted by molar-refractivity contribution is 0.102. The summed E-state index contributed by atoms with van der Waals surface area (Å²) in [5, 5.41) is 2.30. The zero-order valence-corrected chi connectivity index (χ0v) is 10.8. The first-order chi connectivity index (χ1) is 9.08. The van der Waals surface area contributed by atoms with Crippen molar-refractivity contribution in [2.75, 3.05) is 5.32 Å². The molecule has 0 saturated carbocycles. The molecule has 6 nitrogen and oxygen atoms in total. The van der Waals surface area contributed by atoms with E-state index in [1.807, 2.05) is 6.92 Å². The van der Waals surface area contributed by atoms with E-state index in [-0.39, 0.29) is 10.7 Å². The first-order valence-electron chi connectivity index (χ1n) is 5.35. The van der Waals surface area contributed by atoms with E-state index in [2.05, 4.69) is 15.3 Å². The molecule has 19 heavy (non-hydrogen) atoms. The van der Waals surface area contributed by atoms with E-state index in [4.69, 9.17) is 0 Å². The van der Waals surface area contributed by atoms with Gasteiger partial charge in [-0.1, -0.05) is 0 Å². The van der Waals surface area contributed by atoms with Crippen molar-refractivity contribution >= 4 is 22.7 Å². The molecule has 1 unspecified atom stereocenters. The molecule has 0 fully saturated rings. The summed E-state index contributed by atoms with van der Waals surface area (Å²) in [5.41, 5.74) is 1.33. The molecule has 1 N–H and O–H groups in total. The van der Waals surface area contributed by atoms with E-state index < -0.39 is 17.0 Å². The number of anilines is 1. The van der Waals surface area contributed by atoms with Gasteiger partial charge in [0.05, 0.1) is 11.3 Å². The average Bonchev–Trinajstić information content (AvgIpc) is 2.39. The van der Waals surface area contributed by atoms with Gasteiger partial charge >= 0.3 is 0 Å². The van der Waals surface area contributed by atoms with Gasteiger partial charge in [-0.15, -0.1) is 0 Å². The summed E-state index contributed by atoms with van der Waals surface area (Å²) in [4.78, 5) is 19.6. The van der Waals surface area contributed by atoms with Crippen molar-refractivity contribution in [2.45, 2.75) is 11.9 Å². The lowest BCUT2D eigenvalue weighted by atomic mass is 10.2. The number of aromatic nitrogens is 2. The van der Waals surface area contributed by atoms with E-state index in [1.54, 1.807) is 18.3 Å². The van der Waals surface area contributed by atoms with Crippen molar-refractivity contribution in [1.29, 1.82) is 0 Å². The van der Waals surface area contributed by atoms with E-state index in [9.17, 15) is 13.6 Å². The highest BCUT2D eigenvalue weighted by Gasteiger charge is 2.10. The van der Waals surface area contributed by atoms with Crippen LogP contribution in [0.1, 0.15) is 15.9 Å². The van der Waals surface area contributed by atoms with Crippen LogP contribution in [-0.2, 0) is 11.1 Å². The van der Waals surface area contributed by atoms with Gasteiger partial charge in [-0.2, -0.15) is 0 Å². The number of amides is 1. The van der Waals surface area contributed by atoms with Crippen molar-refractivity contribution in [3.63, 3.8) is 0 Å². The Morgan fingerprint density at radius 2 is 2.21 bits per heavy atom. The summed E-state index contributed by atoms with van der Waals surface area (Å²) in [5.74, 6) is -0.434. The predicted octanol–water partition coefficient (Wildman–Crippen LogP) is 1.28. The molecule has 2 rings (SSSR count). The highest BCUT2D eigenvalue weighted by molar-refractivity contribution is 7.79. The number of rotatable bonds is 3. The molecule has 0 aromatic carbocycles. The Labute approximate surface area is 112 Å². The minimum absolute atomic E-state index is 0.141. The van der Waals surface area contributed by atoms with Crippen molar-refractivity contribution in [3.8, 4) is 0 Å². The molecule has 7 heteroatoms. The quantitative estimate of drug-likeness (QED) is 0.852. The van der Waals surface area contributed by atoms with Crippen LogP contribution in [0.3, 0.4) is 0 Å². The SMILES string of the molecule is Cc1cncc(C(=O)Nc2cccnc2S(=O)[O-])c1. The second-order valence-electron chi connectivity index (χ2n) is 3.80. The van der Waals surface area contributed by atoms with Gasteiger partial charge in [0, 0.05) is 18.6 Å². The van der Waals surface area contributed by atoms with Crippen LogP contribution in [0.4, 0.5) is 5.69 Å². The first-order valence-corrected chi connectivity index (χ1v) is 6.42. The average molecular weight is 276 g/mol. The van der Waals surface area contributed by atoms with Gasteiger partial charge in [-0.3, -0.25) is 14.0 Å². The lowest BCUT2D eigenvalue weighted by Gasteiger charge is -2.11. The van der Waals surface area contributed by atoms with Crippen molar-refractivity contribution in [3.05, 3.63) is 47.9 Å². The summed E-state index contributed by atoms with van der Waals surface area (Å²) in [6.45, 7) is 1.81. The number of nitrogens with zero attached hydrogens (tertiary/aromatic N) is 2. The Kier molecular flexibility index (Phi) is 3.98. The summed E-state index contributed by atoms with van der Waals surface area (Å²) in [6.07, 6.45) is 4.38. The van der Waals surface area contributed by atoms with Crippen molar-refractivity contribution in [2.24, 2.45) is 0 Å². The van der Waals surface area contributed by atoms with Crippen molar-refractivity contribution < 1.29 is 13.6 Å². The number of carbonyl (C=O) groups is 1. The van der Waals surface area contributed by atoms with Crippen LogP contribution in [0.15, 0.2) is 41.8 Å². The third kappa shape index (κ3) is 3.21. The summed E-state index contributed by atoms with van der Waals surface area (Å²) < 4.78 is 21.9. The summed E-state index contributed by atoms with van der Waals surface area (Å²) >= 11 is -2.51. The molecule has 0 radical (unpaired) electrons. The van der Waals surface area contributed by atoms with Gasteiger partial charge in [-0.25, -0.2) is 4.98 Å². The summed E-state index contributed by atoms with van der Waals surface area (Å²) in [6, 6.07) is 4.67. The monoisotopic (exact) mass is 276 g/mol. The van der Waals surface area contributed by atoms with Crippen LogP contribution in [-0.4, -0.2) is 24.6 Å². The number of aryl methyl sites for hydroxylation is 1. The fourth-order valence-corrected chi connectivity index (χ4v) is 1.94. The first kappa shape index (κ1) is 13.3. The molecule has 0 bridgehead atoms. The Balaban J connectivity index is 2.27. The Bertz CT molecular complexity index is 646. The second kappa shape index (κ2) is 5.68. The van der Waals surface area contributed by atoms with E-state index >= 15 is 0 Å². The molecule has 2 heterocycles. The van der Waals surface area contributed by atoms with E-state index in [0.29, 0.717) is 5.56 Å². The minimum Gasteiger partial charge on any atom is -0.767 e. The summed E-state index contributed by atoms with van der Waals surface area (Å²) in [7, 11) is 0. The molecule has 1 atom stereocenters. The Morgan fingerprint density at radius 1 is 1.42 bits per heavy atom. The number of hydrogen-bond donors (Lipinski definition) is 1. The molecule has 2 aromatic rings. The van der Waals surface area contributed by atoms with Gasteiger partial charge in [-0.05, 0) is 41.8 Å². The molecular formula is C12H10N3O3S-. The Morgan fingerprint density at radius 3 is 2.89 bits per heavy atom. The molecule has 2 aromatic heterocycles. The highest BCUT2D eigenvalue weighted by atomic mass is 32.2. The normalized spacial score (nSPS) is 11.9. The molecule has 0 aliphatic heterocycles. The predicted molar refractivity (Wildman–Crippen MR) is 68.4 cm³/mol. The van der Waals surface area contributed by atoms with Crippen LogP contribution in [0, 0.1) is 6.92 Å². The largest absolute Gasteiger partial charge is 0.767 e. The van der Waals surface area contributed by atoms with Gasteiger partial charge in [0.1, 0.15) is 5.03 Å². The fraction of sp³-hybridized carbons (Fsp3) is 0.0833. The number of pyridine rings is 2. The van der Waals surface area contributed by atoms with Gasteiger partial charge < -0.3 is 9.87 Å². The second-order valence-corrected chi connectivity index (χ2v) is 4.65. The fourth-order valence-electron chi connectivity index (χ4n) is 1.49. The molecule has 98 valence electrons. The molecule has 0 spiro atoms. The van der Waals surface area contributed by atoms with Crippen LogP contribution < -0.4 is 5.32 Å². The maximum absolute atomic E-state index is 12.0. The number of carbonyl (C=O) groups excluding carboxylic acids is 1. The number of nitrogens with one attached hydrogen (secondary N) is 1. The minimum atomic E-state index is -2.51. The van der Waals surface area contributed by atoms with E-state index in [0.717, 1.165) is 5.56 Å². The van der Waals surface area contributed by atoms with Gasteiger partial charge in [0.15, 0.2) is 0 Å². The van der Waals surface area contributed by atoms with Gasteiger partial charge in [0.25, 0.3) is 5.91 Å². The Hall–Kier alpha value is -2.12. The zero-order valence-electron chi connectivity index (χ0n) is 9.99. The van der Waals surface area contributed by atoms with Crippen molar-refractivity contribution in [1.82, 2.24) is 9.97 Å². The molecular weight excluding hydrogens is 266 g/mol. The standard InChI is InChI=1S/C12H11N3O3S/c1-8-5-9(7-13-6-8)11(16)15-10-3-2-4-14-12(10)19(17)18/h2-7H,1H3,(H,15,16)(H,17,18)/p-1. The smallest absolute Gasteiger partial charge is 0.257 e. The topological polar surface area (TPSA) is 95.0 Å². The maximum atomic E-state index is 12.0. The zero-order chi connectivity index (χ0) is 13.8. The molecule has 0 aliphatic rings. The highest BCUT2D eigenvalue weighted by Crippen LogP contribution is 2.16. The molecule has 1 amide bonds. The van der Waals surface area contributed by atoms with Crippen LogP contribution in [0.25, 0.3) is 0 Å². The van der Waals surface area contributed by atoms with Gasteiger partial charge in [0.2, 0.25) is 0 Å². The maximum Gasteiger partial charge on any atom is 0.257 e. The molecule has 0 aliphatic carbocycles. The lowest BCUT2D eigenvalue weighted by Crippen LogP contribution is -2.14. The van der Waals surface area contributed by atoms with Crippen LogP contribution in [0.5, 0.6) is 0 Å². The third-order valence-corrected chi connectivity index (χ3v) is 2.96. The van der Waals surface area contributed by atoms with Crippen LogP contribution in [0.2, 0.25) is 0 Å². The van der Waals surface area contributed by atoms with E-state index in [1.165, 1.54) is 18.5 Å². The van der Waals surface area contributed by atoms with Crippen LogP contribution >= 0.6 is 0 Å². The third-order valence-electron chi connectivity index (χ3n) is 2.31. The number of hydrogen-bond acceptors (Lipinski definition) is 5. The molecule has 0 saturated heterocycles.